The lowest BCUT2D eigenvalue weighted by molar-refractivity contribution is -0.553. The number of alkyl halides is 3. The number of nitrogens with one attached hydrogen (secondary N) is 1. The zero-order chi connectivity index (χ0) is 19.7. The molecule has 1 unspecified atom stereocenters. The third kappa shape index (κ3) is 3.74. The van der Waals surface area contributed by atoms with Crippen molar-refractivity contribution in [1.82, 2.24) is 4.98 Å². The third-order valence-corrected chi connectivity index (χ3v) is 4.59. The number of aromatic nitrogens is 2. The molecule has 28 heavy (non-hydrogen) atoms. The van der Waals surface area contributed by atoms with Gasteiger partial charge in [-0.05, 0) is 5.56 Å². The van der Waals surface area contributed by atoms with E-state index in [1.165, 1.54) is 10.8 Å². The van der Waals surface area contributed by atoms with E-state index in [4.69, 9.17) is 0 Å². The fourth-order valence-electron chi connectivity index (χ4n) is 3.30. The Morgan fingerprint density at radius 3 is 2.29 bits per heavy atom. The van der Waals surface area contributed by atoms with E-state index in [0.717, 1.165) is 11.1 Å². The Morgan fingerprint density at radius 1 is 1.00 bits per heavy atom. The van der Waals surface area contributed by atoms with Crippen LogP contribution in [0.25, 0.3) is 11.3 Å². The van der Waals surface area contributed by atoms with Gasteiger partial charge in [-0.2, -0.15) is 17.7 Å². The number of hydrogen-bond acceptors (Lipinski definition) is 3. The van der Waals surface area contributed by atoms with Crippen molar-refractivity contribution < 1.29 is 22.5 Å². The first kappa shape index (κ1) is 18.2. The normalized spacial score (nSPS) is 16.0. The zero-order valence-corrected chi connectivity index (χ0v) is 14.8. The van der Waals surface area contributed by atoms with Crippen LogP contribution < -0.4 is 9.88 Å². The van der Waals surface area contributed by atoms with Crippen LogP contribution in [0, 0.1) is 0 Å². The average Bonchev–Trinajstić information content (AvgIpc) is 2.98. The van der Waals surface area contributed by atoms with Gasteiger partial charge in [-0.1, -0.05) is 60.7 Å². The number of rotatable bonds is 4. The monoisotopic (exact) mass is 384 g/mol. The van der Waals surface area contributed by atoms with Gasteiger partial charge in [0, 0.05) is 12.0 Å². The van der Waals surface area contributed by atoms with E-state index in [0.29, 0.717) is 23.6 Å². The molecule has 4 rings (SSSR count). The molecule has 0 radical (unpaired) electrons. The summed E-state index contributed by atoms with van der Waals surface area (Å²) in [6.45, 7) is 0. The van der Waals surface area contributed by atoms with Crippen molar-refractivity contribution in [3.63, 3.8) is 0 Å². The molecule has 0 saturated carbocycles. The fraction of sp³-hybridized carbons (Fsp3) is 0.190. The Balaban J connectivity index is 1.78. The van der Waals surface area contributed by atoms with E-state index in [2.05, 4.69) is 10.3 Å². The van der Waals surface area contributed by atoms with Crippen molar-refractivity contribution in [3.05, 3.63) is 78.1 Å². The van der Waals surface area contributed by atoms with Gasteiger partial charge in [-0.3, -0.25) is 5.32 Å². The minimum atomic E-state index is -4.44. The number of carbonyl (C=O) groups excluding carboxylic acids is 1. The average molecular weight is 384 g/mol. The molecule has 7 heteroatoms. The molecule has 2 heterocycles. The molecule has 142 valence electrons. The molecule has 1 aliphatic rings. The first-order chi connectivity index (χ1) is 13.4. The lowest BCUT2D eigenvalue weighted by Crippen LogP contribution is -2.44. The SMILES string of the molecule is O=C1C(CC(F)(F)F)Nc2c(Cc3ccccc3)nc(-c3ccccc3)c[n+]21. The summed E-state index contributed by atoms with van der Waals surface area (Å²) in [5.74, 6) is -0.302. The molecular formula is C21H17F3N3O+. The maximum absolute atomic E-state index is 12.9. The first-order valence-corrected chi connectivity index (χ1v) is 8.83. The van der Waals surface area contributed by atoms with Crippen LogP contribution >= 0.6 is 0 Å². The van der Waals surface area contributed by atoms with E-state index >= 15 is 0 Å². The number of anilines is 1. The maximum atomic E-state index is 12.9. The summed E-state index contributed by atoms with van der Waals surface area (Å²) in [5, 5.41) is 2.74. The number of carbonyl (C=O) groups is 1. The predicted octanol–water partition coefficient (Wildman–Crippen LogP) is 4.01. The summed E-state index contributed by atoms with van der Waals surface area (Å²) in [5.41, 5.74) is 2.82. The second-order valence-electron chi connectivity index (χ2n) is 6.67. The summed E-state index contributed by atoms with van der Waals surface area (Å²) >= 11 is 0. The molecule has 0 spiro atoms. The molecule has 3 aromatic rings. The van der Waals surface area contributed by atoms with E-state index < -0.39 is 24.5 Å². The molecule has 0 saturated heterocycles. The van der Waals surface area contributed by atoms with Gasteiger partial charge in [0.05, 0.1) is 6.42 Å². The van der Waals surface area contributed by atoms with Crippen LogP contribution in [0.4, 0.5) is 19.0 Å². The van der Waals surface area contributed by atoms with Gasteiger partial charge in [0.15, 0.2) is 0 Å². The zero-order valence-electron chi connectivity index (χ0n) is 14.8. The van der Waals surface area contributed by atoms with Crippen LogP contribution in [0.3, 0.4) is 0 Å². The van der Waals surface area contributed by atoms with Crippen molar-refractivity contribution in [2.24, 2.45) is 0 Å². The van der Waals surface area contributed by atoms with Crippen molar-refractivity contribution in [2.45, 2.75) is 25.1 Å². The van der Waals surface area contributed by atoms with Gasteiger partial charge in [0.1, 0.15) is 17.6 Å². The minimum absolute atomic E-state index is 0.322. The van der Waals surface area contributed by atoms with Crippen LogP contribution in [-0.4, -0.2) is 23.1 Å². The Hall–Kier alpha value is -3.22. The smallest absolute Gasteiger partial charge is 0.258 e. The summed E-state index contributed by atoms with van der Waals surface area (Å²) in [4.78, 5) is 17.3. The standard InChI is InChI=1S/C21H16F3N3O/c22-21(23,24)12-17-20(28)27-13-18(15-9-5-2-6-10-15)25-16(19(27)26-17)11-14-7-3-1-4-8-14/h1-10,13,17H,11-12H2/p+1. The highest BCUT2D eigenvalue weighted by atomic mass is 19.4. The molecule has 0 fully saturated rings. The second-order valence-corrected chi connectivity index (χ2v) is 6.67. The largest absolute Gasteiger partial charge is 0.393 e. The topological polar surface area (TPSA) is 45.9 Å². The quantitative estimate of drug-likeness (QED) is 0.692. The van der Waals surface area contributed by atoms with Crippen LogP contribution in [0.1, 0.15) is 22.5 Å². The Morgan fingerprint density at radius 2 is 1.64 bits per heavy atom. The highest BCUT2D eigenvalue weighted by Crippen LogP contribution is 2.28. The number of halogens is 3. The molecule has 1 aliphatic heterocycles. The molecule has 1 atom stereocenters. The van der Waals surface area contributed by atoms with E-state index in [9.17, 15) is 18.0 Å². The predicted molar refractivity (Wildman–Crippen MR) is 97.8 cm³/mol. The minimum Gasteiger partial charge on any atom is -0.258 e. The van der Waals surface area contributed by atoms with Crippen LogP contribution in [-0.2, 0) is 6.42 Å². The van der Waals surface area contributed by atoms with E-state index in [1.807, 2.05) is 60.7 Å². The molecule has 0 amide bonds. The van der Waals surface area contributed by atoms with Gasteiger partial charge >= 0.3 is 17.9 Å². The summed E-state index contributed by atoms with van der Waals surface area (Å²) < 4.78 is 39.9. The summed E-state index contributed by atoms with van der Waals surface area (Å²) in [6, 6.07) is 17.4. The number of hydrogen-bond donors (Lipinski definition) is 1. The molecule has 0 aliphatic carbocycles. The highest BCUT2D eigenvalue weighted by Gasteiger charge is 2.47. The molecular weight excluding hydrogens is 367 g/mol. The van der Waals surface area contributed by atoms with Gasteiger partial charge in [-0.25, -0.2) is 9.78 Å². The molecule has 0 bridgehead atoms. The highest BCUT2D eigenvalue weighted by molar-refractivity contribution is 5.82. The lowest BCUT2D eigenvalue weighted by Gasteiger charge is -2.07. The third-order valence-electron chi connectivity index (χ3n) is 4.59. The number of nitrogens with zero attached hydrogens (tertiary/aromatic N) is 2. The van der Waals surface area contributed by atoms with Crippen LogP contribution in [0.5, 0.6) is 0 Å². The maximum Gasteiger partial charge on any atom is 0.393 e. The number of benzene rings is 2. The van der Waals surface area contributed by atoms with Crippen molar-refractivity contribution in [3.8, 4) is 11.3 Å². The van der Waals surface area contributed by atoms with Crippen molar-refractivity contribution in [1.29, 1.82) is 0 Å². The van der Waals surface area contributed by atoms with Gasteiger partial charge in [0.25, 0.3) is 0 Å². The van der Waals surface area contributed by atoms with Crippen molar-refractivity contribution in [2.75, 3.05) is 5.32 Å². The lowest BCUT2D eigenvalue weighted by atomic mass is 10.1. The first-order valence-electron chi connectivity index (χ1n) is 8.83. The summed E-state index contributed by atoms with van der Waals surface area (Å²) in [7, 11) is 0. The van der Waals surface area contributed by atoms with Gasteiger partial charge < -0.3 is 0 Å². The van der Waals surface area contributed by atoms with Gasteiger partial charge in [0.2, 0.25) is 6.04 Å². The Bertz CT molecular complexity index is 1000. The van der Waals surface area contributed by atoms with Crippen LogP contribution in [0.2, 0.25) is 0 Å². The van der Waals surface area contributed by atoms with Gasteiger partial charge in [-0.15, -0.1) is 0 Å². The molecule has 1 aromatic heterocycles. The van der Waals surface area contributed by atoms with Crippen molar-refractivity contribution >= 4 is 11.7 Å². The number of fused-ring (bicyclic) bond motifs is 1. The molecule has 2 aromatic carbocycles. The van der Waals surface area contributed by atoms with E-state index in [1.54, 1.807) is 0 Å². The molecule has 4 nitrogen and oxygen atoms in total. The molecule has 1 N–H and O–H groups in total. The van der Waals surface area contributed by atoms with Crippen LogP contribution in [0.15, 0.2) is 66.9 Å². The summed E-state index contributed by atoms with van der Waals surface area (Å²) in [6.07, 6.45) is -3.76. The second kappa shape index (κ2) is 7.07. The Kier molecular flexibility index (Phi) is 4.58. The fourth-order valence-corrected chi connectivity index (χ4v) is 3.30. The Labute approximate surface area is 159 Å². The van der Waals surface area contributed by atoms with E-state index in [-0.39, 0.29) is 0 Å².